The van der Waals surface area contributed by atoms with E-state index in [9.17, 15) is 0 Å². The lowest BCUT2D eigenvalue weighted by molar-refractivity contribution is 1.35. The molecule has 0 aliphatic heterocycles. The second-order valence-corrected chi connectivity index (χ2v) is 4.41. The van der Waals surface area contributed by atoms with Crippen molar-refractivity contribution < 1.29 is 0 Å². The number of hydrogen-bond donors (Lipinski definition) is 1. The Hall–Kier alpha value is -1.91. The van der Waals surface area contributed by atoms with Crippen molar-refractivity contribution in [3.63, 3.8) is 0 Å². The van der Waals surface area contributed by atoms with Crippen molar-refractivity contribution in [2.45, 2.75) is 6.92 Å². The molecule has 0 saturated carbocycles. The lowest BCUT2D eigenvalue weighted by Crippen LogP contribution is -1.99. The van der Waals surface area contributed by atoms with E-state index in [1.807, 2.05) is 55.5 Å². The monoisotopic (exact) mass is 255 g/mol. The Balaban J connectivity index is 1.97. The van der Waals surface area contributed by atoms with Gasteiger partial charge in [0.15, 0.2) is 0 Å². The van der Waals surface area contributed by atoms with Crippen molar-refractivity contribution in [1.82, 2.24) is 0 Å². The number of nitrogens with one attached hydrogen (secondary N) is 1. The smallest absolute Gasteiger partial charge is 0.0770 e. The molecule has 0 bridgehead atoms. The molecule has 0 amide bonds. The normalized spacial score (nSPS) is 9.44. The standard InChI is InChI=1S/C16H14ClN/c1-13-9-10-15(17)16(12-13)18-11-5-8-14-6-3-2-4-7-14/h2-4,6-7,9-10,12,18H,11H2,1H3. The molecule has 2 aromatic carbocycles. The quantitative estimate of drug-likeness (QED) is 0.797. The fourth-order valence-corrected chi connectivity index (χ4v) is 1.77. The molecule has 0 aliphatic rings. The van der Waals surface area contributed by atoms with Crippen molar-refractivity contribution in [3.8, 4) is 11.8 Å². The Labute approximate surface area is 113 Å². The van der Waals surface area contributed by atoms with E-state index in [-0.39, 0.29) is 0 Å². The molecule has 18 heavy (non-hydrogen) atoms. The molecule has 0 atom stereocenters. The van der Waals surface area contributed by atoms with Crippen LogP contribution in [0.2, 0.25) is 5.02 Å². The fraction of sp³-hybridized carbons (Fsp3) is 0.125. The van der Waals surface area contributed by atoms with Crippen LogP contribution in [-0.2, 0) is 0 Å². The third-order valence-electron chi connectivity index (χ3n) is 2.50. The summed E-state index contributed by atoms with van der Waals surface area (Å²) in [5, 5.41) is 3.94. The van der Waals surface area contributed by atoms with Gasteiger partial charge in [0.05, 0.1) is 17.3 Å². The van der Waals surface area contributed by atoms with Crippen LogP contribution >= 0.6 is 11.6 Å². The Morgan fingerprint density at radius 1 is 1.11 bits per heavy atom. The average Bonchev–Trinajstić information content (AvgIpc) is 2.40. The van der Waals surface area contributed by atoms with E-state index in [0.29, 0.717) is 6.54 Å². The van der Waals surface area contributed by atoms with Crippen molar-refractivity contribution in [2.75, 3.05) is 11.9 Å². The molecule has 0 unspecified atom stereocenters. The maximum Gasteiger partial charge on any atom is 0.0770 e. The summed E-state index contributed by atoms with van der Waals surface area (Å²) < 4.78 is 0. The Morgan fingerprint density at radius 2 is 1.89 bits per heavy atom. The van der Waals surface area contributed by atoms with Gasteiger partial charge in [0, 0.05) is 5.56 Å². The second kappa shape index (κ2) is 6.14. The predicted octanol–water partition coefficient (Wildman–Crippen LogP) is 4.11. The summed E-state index contributed by atoms with van der Waals surface area (Å²) >= 11 is 6.08. The maximum absolute atomic E-state index is 6.08. The molecular weight excluding hydrogens is 242 g/mol. The lowest BCUT2D eigenvalue weighted by atomic mass is 10.2. The van der Waals surface area contributed by atoms with Crippen molar-refractivity contribution in [1.29, 1.82) is 0 Å². The lowest BCUT2D eigenvalue weighted by Gasteiger charge is -2.05. The van der Waals surface area contributed by atoms with Gasteiger partial charge in [0.25, 0.3) is 0 Å². The third kappa shape index (κ3) is 3.55. The summed E-state index contributed by atoms with van der Waals surface area (Å²) in [5.41, 5.74) is 3.13. The van der Waals surface area contributed by atoms with Gasteiger partial charge in [0.2, 0.25) is 0 Å². The molecule has 2 aromatic rings. The largest absolute Gasteiger partial charge is 0.373 e. The molecular formula is C16H14ClN. The van der Waals surface area contributed by atoms with Crippen LogP contribution < -0.4 is 5.32 Å². The predicted molar refractivity (Wildman–Crippen MR) is 78.0 cm³/mol. The Bertz CT molecular complexity index is 579. The molecule has 0 spiro atoms. The highest BCUT2D eigenvalue weighted by atomic mass is 35.5. The Morgan fingerprint density at radius 3 is 2.67 bits per heavy atom. The second-order valence-electron chi connectivity index (χ2n) is 4.00. The molecule has 0 aromatic heterocycles. The van der Waals surface area contributed by atoms with Crippen LogP contribution in [0.3, 0.4) is 0 Å². The first-order chi connectivity index (χ1) is 8.75. The molecule has 0 radical (unpaired) electrons. The molecule has 1 N–H and O–H groups in total. The molecule has 90 valence electrons. The van der Waals surface area contributed by atoms with Crippen molar-refractivity contribution in [2.24, 2.45) is 0 Å². The summed E-state index contributed by atoms with van der Waals surface area (Å²) in [6.07, 6.45) is 0. The van der Waals surface area contributed by atoms with Crippen LogP contribution in [0.1, 0.15) is 11.1 Å². The van der Waals surface area contributed by atoms with E-state index in [1.165, 1.54) is 5.56 Å². The highest BCUT2D eigenvalue weighted by Crippen LogP contribution is 2.22. The van der Waals surface area contributed by atoms with Crippen LogP contribution in [0.25, 0.3) is 0 Å². The summed E-state index contributed by atoms with van der Waals surface area (Å²) in [4.78, 5) is 0. The van der Waals surface area contributed by atoms with Gasteiger partial charge in [-0.1, -0.05) is 47.7 Å². The minimum absolute atomic E-state index is 0.581. The molecule has 2 heteroatoms. The zero-order chi connectivity index (χ0) is 12.8. The van der Waals surface area contributed by atoms with Crippen LogP contribution in [-0.4, -0.2) is 6.54 Å². The number of hydrogen-bond acceptors (Lipinski definition) is 1. The molecule has 1 nitrogen and oxygen atoms in total. The van der Waals surface area contributed by atoms with Crippen LogP contribution in [0.4, 0.5) is 5.69 Å². The van der Waals surface area contributed by atoms with Crippen LogP contribution in [0.15, 0.2) is 48.5 Å². The van der Waals surface area contributed by atoms with E-state index >= 15 is 0 Å². The molecule has 2 rings (SSSR count). The van der Waals surface area contributed by atoms with E-state index in [2.05, 4.69) is 17.2 Å². The van der Waals surface area contributed by atoms with Gasteiger partial charge >= 0.3 is 0 Å². The van der Waals surface area contributed by atoms with Crippen molar-refractivity contribution in [3.05, 3.63) is 64.7 Å². The van der Waals surface area contributed by atoms with E-state index in [4.69, 9.17) is 11.6 Å². The highest BCUT2D eigenvalue weighted by Gasteiger charge is 1.97. The minimum atomic E-state index is 0.581. The first-order valence-corrected chi connectivity index (χ1v) is 6.17. The Kier molecular flexibility index (Phi) is 4.28. The molecule has 0 aliphatic carbocycles. The van der Waals surface area contributed by atoms with Gasteiger partial charge in [-0.3, -0.25) is 0 Å². The third-order valence-corrected chi connectivity index (χ3v) is 2.83. The summed E-state index contributed by atoms with van der Waals surface area (Å²) in [7, 11) is 0. The van der Waals surface area contributed by atoms with Crippen LogP contribution in [0, 0.1) is 18.8 Å². The zero-order valence-electron chi connectivity index (χ0n) is 10.2. The van der Waals surface area contributed by atoms with Gasteiger partial charge in [-0.05, 0) is 36.8 Å². The van der Waals surface area contributed by atoms with Gasteiger partial charge in [-0.2, -0.15) is 0 Å². The van der Waals surface area contributed by atoms with E-state index in [0.717, 1.165) is 16.3 Å². The maximum atomic E-state index is 6.08. The van der Waals surface area contributed by atoms with E-state index in [1.54, 1.807) is 0 Å². The zero-order valence-corrected chi connectivity index (χ0v) is 11.0. The number of aryl methyl sites for hydroxylation is 1. The minimum Gasteiger partial charge on any atom is -0.373 e. The first-order valence-electron chi connectivity index (χ1n) is 5.79. The topological polar surface area (TPSA) is 12.0 Å². The summed E-state index contributed by atoms with van der Waals surface area (Å²) in [6, 6.07) is 15.8. The van der Waals surface area contributed by atoms with Gasteiger partial charge in [-0.25, -0.2) is 0 Å². The SMILES string of the molecule is Cc1ccc(Cl)c(NCC#Cc2ccccc2)c1. The van der Waals surface area contributed by atoms with Gasteiger partial charge in [-0.15, -0.1) is 0 Å². The summed E-state index contributed by atoms with van der Waals surface area (Å²) in [6.45, 7) is 2.62. The molecule has 0 heterocycles. The van der Waals surface area contributed by atoms with Gasteiger partial charge < -0.3 is 5.32 Å². The molecule has 0 saturated heterocycles. The van der Waals surface area contributed by atoms with Crippen molar-refractivity contribution >= 4 is 17.3 Å². The summed E-state index contributed by atoms with van der Waals surface area (Å²) in [5.74, 6) is 6.17. The van der Waals surface area contributed by atoms with Crippen LogP contribution in [0.5, 0.6) is 0 Å². The van der Waals surface area contributed by atoms with E-state index < -0.39 is 0 Å². The average molecular weight is 256 g/mol. The number of halogens is 1. The number of benzene rings is 2. The van der Waals surface area contributed by atoms with Gasteiger partial charge in [0.1, 0.15) is 0 Å². The first kappa shape index (κ1) is 12.5. The number of anilines is 1. The fourth-order valence-electron chi connectivity index (χ4n) is 1.58. The molecule has 0 fully saturated rings. The highest BCUT2D eigenvalue weighted by molar-refractivity contribution is 6.33. The number of rotatable bonds is 2.